The average Bonchev–Trinajstić information content (AvgIpc) is 2.29. The van der Waals surface area contributed by atoms with Gasteiger partial charge in [0.25, 0.3) is 0 Å². The SMILES string of the molecule is CC1CCCC(N(C)Cc2cc(N)ccn2)C1. The normalized spacial score (nSPS) is 25.1. The van der Waals surface area contributed by atoms with Crippen LogP contribution in [0.15, 0.2) is 18.3 Å². The molecule has 1 saturated carbocycles. The predicted octanol–water partition coefficient (Wildman–Crippen LogP) is 2.67. The number of anilines is 1. The molecule has 17 heavy (non-hydrogen) atoms. The quantitative estimate of drug-likeness (QED) is 0.872. The van der Waals surface area contributed by atoms with Gasteiger partial charge < -0.3 is 5.73 Å². The Morgan fingerprint density at radius 3 is 3.00 bits per heavy atom. The fourth-order valence-electron chi connectivity index (χ4n) is 2.77. The lowest BCUT2D eigenvalue weighted by molar-refractivity contribution is 0.156. The van der Waals surface area contributed by atoms with Crippen molar-refractivity contribution in [3.63, 3.8) is 0 Å². The second kappa shape index (κ2) is 5.50. The molecule has 1 aromatic heterocycles. The Morgan fingerprint density at radius 1 is 1.47 bits per heavy atom. The van der Waals surface area contributed by atoms with Gasteiger partial charge in [-0.05, 0) is 37.9 Å². The van der Waals surface area contributed by atoms with Crippen LogP contribution >= 0.6 is 0 Å². The molecule has 2 unspecified atom stereocenters. The molecule has 1 aromatic rings. The van der Waals surface area contributed by atoms with Crippen LogP contribution in [-0.2, 0) is 6.54 Å². The maximum absolute atomic E-state index is 5.78. The van der Waals surface area contributed by atoms with Crippen molar-refractivity contribution < 1.29 is 0 Å². The minimum atomic E-state index is 0.710. The number of aromatic nitrogens is 1. The third-order valence-electron chi connectivity index (χ3n) is 3.78. The van der Waals surface area contributed by atoms with Crippen LogP contribution in [0.1, 0.15) is 38.3 Å². The number of rotatable bonds is 3. The third-order valence-corrected chi connectivity index (χ3v) is 3.78. The van der Waals surface area contributed by atoms with Crippen molar-refractivity contribution in [2.24, 2.45) is 5.92 Å². The number of nitrogen functional groups attached to an aromatic ring is 1. The standard InChI is InChI=1S/C14H23N3/c1-11-4-3-5-14(8-11)17(2)10-13-9-12(15)6-7-16-13/h6-7,9,11,14H,3-5,8,10H2,1-2H3,(H2,15,16). The van der Waals surface area contributed by atoms with E-state index < -0.39 is 0 Å². The van der Waals surface area contributed by atoms with E-state index in [9.17, 15) is 0 Å². The topological polar surface area (TPSA) is 42.1 Å². The molecule has 94 valence electrons. The van der Waals surface area contributed by atoms with Crippen LogP contribution in [-0.4, -0.2) is 23.0 Å². The van der Waals surface area contributed by atoms with Gasteiger partial charge >= 0.3 is 0 Å². The Morgan fingerprint density at radius 2 is 2.29 bits per heavy atom. The first-order valence-corrected chi connectivity index (χ1v) is 6.56. The summed E-state index contributed by atoms with van der Waals surface area (Å²) in [4.78, 5) is 6.80. The maximum atomic E-state index is 5.78. The number of hydrogen-bond donors (Lipinski definition) is 1. The van der Waals surface area contributed by atoms with E-state index in [4.69, 9.17) is 5.73 Å². The molecule has 3 nitrogen and oxygen atoms in total. The second-order valence-corrected chi connectivity index (χ2v) is 5.42. The zero-order valence-electron chi connectivity index (χ0n) is 10.9. The monoisotopic (exact) mass is 233 g/mol. The van der Waals surface area contributed by atoms with Crippen molar-refractivity contribution in [1.29, 1.82) is 0 Å². The predicted molar refractivity (Wildman–Crippen MR) is 71.5 cm³/mol. The Labute approximate surface area is 104 Å². The summed E-state index contributed by atoms with van der Waals surface area (Å²) < 4.78 is 0. The van der Waals surface area contributed by atoms with Gasteiger partial charge in [-0.2, -0.15) is 0 Å². The highest BCUT2D eigenvalue weighted by molar-refractivity contribution is 5.37. The minimum absolute atomic E-state index is 0.710. The Bertz CT molecular complexity index is 364. The molecule has 1 fully saturated rings. The molecule has 0 aliphatic heterocycles. The van der Waals surface area contributed by atoms with Crippen LogP contribution in [0.2, 0.25) is 0 Å². The molecule has 1 aliphatic rings. The van der Waals surface area contributed by atoms with Gasteiger partial charge in [-0.1, -0.05) is 19.8 Å². The molecule has 2 rings (SSSR count). The Balaban J connectivity index is 1.94. The first-order valence-electron chi connectivity index (χ1n) is 6.56. The Kier molecular flexibility index (Phi) is 4.00. The summed E-state index contributed by atoms with van der Waals surface area (Å²) in [5.74, 6) is 0.866. The van der Waals surface area contributed by atoms with Crippen molar-refractivity contribution in [2.45, 2.75) is 45.2 Å². The van der Waals surface area contributed by atoms with E-state index in [0.717, 1.165) is 23.8 Å². The summed E-state index contributed by atoms with van der Waals surface area (Å²) in [5, 5.41) is 0. The lowest BCUT2D eigenvalue weighted by atomic mass is 9.86. The smallest absolute Gasteiger partial charge is 0.0564 e. The van der Waals surface area contributed by atoms with Crippen LogP contribution in [0.4, 0.5) is 5.69 Å². The van der Waals surface area contributed by atoms with Gasteiger partial charge in [-0.25, -0.2) is 0 Å². The van der Waals surface area contributed by atoms with Gasteiger partial charge in [0.15, 0.2) is 0 Å². The van der Waals surface area contributed by atoms with E-state index in [1.54, 1.807) is 6.20 Å². The minimum Gasteiger partial charge on any atom is -0.399 e. The van der Waals surface area contributed by atoms with Crippen molar-refractivity contribution in [3.8, 4) is 0 Å². The largest absolute Gasteiger partial charge is 0.399 e. The van der Waals surface area contributed by atoms with E-state index in [2.05, 4.69) is 23.9 Å². The van der Waals surface area contributed by atoms with E-state index >= 15 is 0 Å². The summed E-state index contributed by atoms with van der Waals surface area (Å²) in [6, 6.07) is 4.52. The van der Waals surface area contributed by atoms with E-state index in [-0.39, 0.29) is 0 Å². The molecule has 1 heterocycles. The Hall–Kier alpha value is -1.09. The molecule has 1 aliphatic carbocycles. The molecule has 0 bridgehead atoms. The van der Waals surface area contributed by atoms with Crippen LogP contribution in [0.25, 0.3) is 0 Å². The number of pyridine rings is 1. The highest BCUT2D eigenvalue weighted by Gasteiger charge is 2.22. The summed E-state index contributed by atoms with van der Waals surface area (Å²) in [5.41, 5.74) is 7.66. The summed E-state index contributed by atoms with van der Waals surface area (Å²) in [7, 11) is 2.20. The zero-order valence-corrected chi connectivity index (χ0v) is 10.9. The second-order valence-electron chi connectivity index (χ2n) is 5.42. The molecule has 2 atom stereocenters. The average molecular weight is 233 g/mol. The molecule has 3 heteroatoms. The highest BCUT2D eigenvalue weighted by atomic mass is 15.1. The number of nitrogens with zero attached hydrogens (tertiary/aromatic N) is 2. The van der Waals surface area contributed by atoms with Crippen molar-refractivity contribution in [1.82, 2.24) is 9.88 Å². The molecule has 0 amide bonds. The molecule has 2 N–H and O–H groups in total. The maximum Gasteiger partial charge on any atom is 0.0564 e. The van der Waals surface area contributed by atoms with E-state index in [1.165, 1.54) is 25.7 Å². The lowest BCUT2D eigenvalue weighted by Gasteiger charge is -2.34. The van der Waals surface area contributed by atoms with E-state index in [0.29, 0.717) is 6.04 Å². The van der Waals surface area contributed by atoms with Gasteiger partial charge in [-0.3, -0.25) is 9.88 Å². The molecule has 0 spiro atoms. The molecular formula is C14H23N3. The number of hydrogen-bond acceptors (Lipinski definition) is 3. The van der Waals surface area contributed by atoms with Crippen molar-refractivity contribution in [3.05, 3.63) is 24.0 Å². The first kappa shape index (κ1) is 12.4. The van der Waals surface area contributed by atoms with Gasteiger partial charge in [0.05, 0.1) is 5.69 Å². The van der Waals surface area contributed by atoms with Crippen molar-refractivity contribution in [2.75, 3.05) is 12.8 Å². The third kappa shape index (κ3) is 3.43. The van der Waals surface area contributed by atoms with Crippen LogP contribution in [0.5, 0.6) is 0 Å². The van der Waals surface area contributed by atoms with Crippen LogP contribution in [0, 0.1) is 5.92 Å². The molecule has 0 radical (unpaired) electrons. The summed E-state index contributed by atoms with van der Waals surface area (Å²) in [6.45, 7) is 3.27. The molecule has 0 saturated heterocycles. The molecular weight excluding hydrogens is 210 g/mol. The van der Waals surface area contributed by atoms with Crippen LogP contribution in [0.3, 0.4) is 0 Å². The fraction of sp³-hybridized carbons (Fsp3) is 0.643. The summed E-state index contributed by atoms with van der Waals surface area (Å²) >= 11 is 0. The van der Waals surface area contributed by atoms with Gasteiger partial charge in [0, 0.05) is 24.5 Å². The highest BCUT2D eigenvalue weighted by Crippen LogP contribution is 2.27. The first-order chi connectivity index (χ1) is 8.15. The van der Waals surface area contributed by atoms with Gasteiger partial charge in [0.2, 0.25) is 0 Å². The number of nitrogens with two attached hydrogens (primary N) is 1. The zero-order chi connectivity index (χ0) is 12.3. The molecule has 0 aromatic carbocycles. The van der Waals surface area contributed by atoms with Crippen molar-refractivity contribution >= 4 is 5.69 Å². The van der Waals surface area contributed by atoms with E-state index in [1.807, 2.05) is 12.1 Å². The van der Waals surface area contributed by atoms with Gasteiger partial charge in [-0.15, -0.1) is 0 Å². The fourth-order valence-corrected chi connectivity index (χ4v) is 2.77. The summed E-state index contributed by atoms with van der Waals surface area (Å²) in [6.07, 6.45) is 7.19. The van der Waals surface area contributed by atoms with Gasteiger partial charge in [0.1, 0.15) is 0 Å². The van der Waals surface area contributed by atoms with Crippen LogP contribution < -0.4 is 5.73 Å². The lowest BCUT2D eigenvalue weighted by Crippen LogP contribution is -2.35.